The molecule has 0 amide bonds. The maximum Gasteiger partial charge on any atom is 0.177 e. The van der Waals surface area contributed by atoms with E-state index in [1.54, 1.807) is 0 Å². The molecule has 1 aliphatic carbocycles. The third kappa shape index (κ3) is 4.31. The Bertz CT molecular complexity index is 342. The predicted octanol–water partition coefficient (Wildman–Crippen LogP) is -0.230. The van der Waals surface area contributed by atoms with Gasteiger partial charge in [-0.1, -0.05) is 0 Å². The van der Waals surface area contributed by atoms with Gasteiger partial charge < -0.3 is 28.4 Å². The molecule has 0 aromatic rings. The van der Waals surface area contributed by atoms with Gasteiger partial charge in [-0.25, -0.2) is 0 Å². The molecule has 0 saturated heterocycles. The van der Waals surface area contributed by atoms with Crippen molar-refractivity contribution >= 4 is 30.7 Å². The van der Waals surface area contributed by atoms with Crippen molar-refractivity contribution in [3.8, 4) is 0 Å². The van der Waals surface area contributed by atoms with E-state index in [9.17, 15) is 0 Å². The summed E-state index contributed by atoms with van der Waals surface area (Å²) in [5.41, 5.74) is 0.0523. The number of rotatable bonds is 12. The number of hydrogen-bond acceptors (Lipinski definition) is 6. The standard InChI is InChI=1S/C18H42O6Si3/c1-7-19-16(20-8-2)13(25)17(21-9-3,22-10-4)15(27)18(14(16)26,23-11-5)24-12-6/h13-15H,7-12H2,1-6,25-27H3. The van der Waals surface area contributed by atoms with Crippen LogP contribution >= 0.6 is 0 Å². The molecule has 0 aromatic carbocycles. The van der Waals surface area contributed by atoms with Crippen LogP contribution in [0.15, 0.2) is 0 Å². The molecule has 162 valence electrons. The van der Waals surface area contributed by atoms with E-state index in [2.05, 4.69) is 0 Å². The van der Waals surface area contributed by atoms with Gasteiger partial charge in [-0.3, -0.25) is 0 Å². The molecule has 0 aliphatic heterocycles. The molecule has 1 rings (SSSR count). The molecule has 0 bridgehead atoms. The molecule has 0 spiro atoms. The van der Waals surface area contributed by atoms with Crippen LogP contribution in [0.2, 0.25) is 16.6 Å². The average molecular weight is 439 g/mol. The fraction of sp³-hybridized carbons (Fsp3) is 1.00. The zero-order valence-corrected chi connectivity index (χ0v) is 24.9. The van der Waals surface area contributed by atoms with Crippen molar-refractivity contribution in [1.82, 2.24) is 0 Å². The van der Waals surface area contributed by atoms with Crippen LogP contribution in [0.3, 0.4) is 0 Å². The Balaban J connectivity index is 3.74. The molecule has 0 unspecified atom stereocenters. The van der Waals surface area contributed by atoms with E-state index in [0.717, 1.165) is 30.7 Å². The van der Waals surface area contributed by atoms with Crippen LogP contribution in [0.1, 0.15) is 41.5 Å². The summed E-state index contributed by atoms with van der Waals surface area (Å²) in [6, 6.07) is 0. The fourth-order valence-corrected chi connectivity index (χ4v) is 11.9. The van der Waals surface area contributed by atoms with Gasteiger partial charge in [0.1, 0.15) is 0 Å². The first-order valence-electron chi connectivity index (χ1n) is 10.7. The lowest BCUT2D eigenvalue weighted by Crippen LogP contribution is -2.72. The van der Waals surface area contributed by atoms with Crippen LogP contribution < -0.4 is 0 Å². The zero-order valence-electron chi connectivity index (χ0n) is 18.9. The van der Waals surface area contributed by atoms with Gasteiger partial charge in [0.2, 0.25) is 0 Å². The Morgan fingerprint density at radius 1 is 0.444 bits per heavy atom. The Morgan fingerprint density at radius 2 is 0.593 bits per heavy atom. The van der Waals surface area contributed by atoms with Crippen molar-refractivity contribution in [1.29, 1.82) is 0 Å². The Morgan fingerprint density at radius 3 is 0.704 bits per heavy atom. The highest BCUT2D eigenvalue weighted by Gasteiger charge is 2.71. The van der Waals surface area contributed by atoms with E-state index in [1.807, 2.05) is 41.5 Å². The maximum atomic E-state index is 6.42. The van der Waals surface area contributed by atoms with Crippen LogP contribution in [0, 0.1) is 0 Å². The SMILES string of the molecule is CCOC1(OCC)C([SiH3])C(OCC)(OCC)C([SiH3])C(OCC)(OCC)C1[SiH3]. The molecular weight excluding hydrogens is 396 g/mol. The second-order valence-electron chi connectivity index (χ2n) is 6.93. The molecule has 0 heterocycles. The van der Waals surface area contributed by atoms with Crippen molar-refractivity contribution in [3.05, 3.63) is 0 Å². The summed E-state index contributed by atoms with van der Waals surface area (Å²) in [4.78, 5) is 0. The first kappa shape index (κ1) is 25.4. The fourth-order valence-electron chi connectivity index (χ4n) is 4.94. The van der Waals surface area contributed by atoms with Gasteiger partial charge in [0.05, 0.1) is 16.6 Å². The maximum absolute atomic E-state index is 6.42. The summed E-state index contributed by atoms with van der Waals surface area (Å²) in [7, 11) is 2.46. The lowest BCUT2D eigenvalue weighted by Gasteiger charge is -2.63. The number of hydrogen-bond donors (Lipinski definition) is 0. The zero-order chi connectivity index (χ0) is 20.7. The highest BCUT2D eigenvalue weighted by atomic mass is 28.2. The first-order valence-corrected chi connectivity index (χ1v) is 14.1. The third-order valence-corrected chi connectivity index (χ3v) is 10.7. The molecule has 27 heavy (non-hydrogen) atoms. The lowest BCUT2D eigenvalue weighted by atomic mass is 9.80. The summed E-state index contributed by atoms with van der Waals surface area (Å²) in [6.07, 6.45) is 0. The van der Waals surface area contributed by atoms with Gasteiger partial charge in [-0.2, -0.15) is 0 Å². The average Bonchev–Trinajstić information content (AvgIpc) is 2.64. The van der Waals surface area contributed by atoms with E-state index >= 15 is 0 Å². The number of ether oxygens (including phenoxy) is 6. The molecule has 0 radical (unpaired) electrons. The van der Waals surface area contributed by atoms with Crippen LogP contribution in [-0.4, -0.2) is 87.7 Å². The Labute approximate surface area is 174 Å². The summed E-state index contributed by atoms with van der Waals surface area (Å²) in [6.45, 7) is 15.5. The molecular formula is C18H42O6Si3. The van der Waals surface area contributed by atoms with Crippen LogP contribution in [-0.2, 0) is 28.4 Å². The molecule has 1 aliphatic rings. The normalized spacial score (nSPS) is 29.3. The summed E-state index contributed by atoms with van der Waals surface area (Å²) in [5.74, 6) is -2.42. The van der Waals surface area contributed by atoms with Gasteiger partial charge in [-0.05, 0) is 41.5 Å². The van der Waals surface area contributed by atoms with E-state index in [4.69, 9.17) is 28.4 Å². The summed E-state index contributed by atoms with van der Waals surface area (Å²) in [5, 5.41) is 0. The highest BCUT2D eigenvalue weighted by Crippen LogP contribution is 2.63. The van der Waals surface area contributed by atoms with Gasteiger partial charge in [0, 0.05) is 70.4 Å². The Kier molecular flexibility index (Phi) is 10.3. The lowest BCUT2D eigenvalue weighted by molar-refractivity contribution is -0.400. The van der Waals surface area contributed by atoms with Crippen LogP contribution in [0.4, 0.5) is 0 Å². The van der Waals surface area contributed by atoms with Gasteiger partial charge >= 0.3 is 0 Å². The molecule has 1 fully saturated rings. The minimum Gasteiger partial charge on any atom is -0.350 e. The van der Waals surface area contributed by atoms with Gasteiger partial charge in [-0.15, -0.1) is 0 Å². The van der Waals surface area contributed by atoms with Crippen molar-refractivity contribution in [2.75, 3.05) is 39.6 Å². The molecule has 9 heteroatoms. The summed E-state index contributed by atoms with van der Waals surface area (Å²) >= 11 is 0. The van der Waals surface area contributed by atoms with Crippen molar-refractivity contribution < 1.29 is 28.4 Å². The second kappa shape index (κ2) is 11.0. The van der Waals surface area contributed by atoms with E-state index in [1.165, 1.54) is 0 Å². The quantitative estimate of drug-likeness (QED) is 0.310. The predicted molar refractivity (Wildman–Crippen MR) is 119 cm³/mol. The van der Waals surface area contributed by atoms with Crippen LogP contribution in [0.5, 0.6) is 0 Å². The van der Waals surface area contributed by atoms with Crippen molar-refractivity contribution in [3.63, 3.8) is 0 Å². The molecule has 0 N–H and O–H groups in total. The highest BCUT2D eigenvalue weighted by molar-refractivity contribution is 6.21. The van der Waals surface area contributed by atoms with E-state index in [-0.39, 0.29) is 16.6 Å². The third-order valence-electron chi connectivity index (χ3n) is 5.84. The smallest absolute Gasteiger partial charge is 0.177 e. The largest absolute Gasteiger partial charge is 0.350 e. The topological polar surface area (TPSA) is 55.4 Å². The van der Waals surface area contributed by atoms with Crippen LogP contribution in [0.25, 0.3) is 0 Å². The minimum atomic E-state index is -0.808. The van der Waals surface area contributed by atoms with Gasteiger partial charge in [0.15, 0.2) is 17.4 Å². The molecule has 0 atom stereocenters. The Hall–Kier alpha value is 0.411. The first-order chi connectivity index (χ1) is 12.8. The summed E-state index contributed by atoms with van der Waals surface area (Å²) < 4.78 is 38.5. The molecule has 1 saturated carbocycles. The molecule has 0 aromatic heterocycles. The van der Waals surface area contributed by atoms with E-state index < -0.39 is 17.4 Å². The van der Waals surface area contributed by atoms with Gasteiger partial charge in [0.25, 0.3) is 0 Å². The minimum absolute atomic E-state index is 0.0174. The monoisotopic (exact) mass is 438 g/mol. The van der Waals surface area contributed by atoms with Crippen molar-refractivity contribution in [2.45, 2.75) is 75.5 Å². The van der Waals surface area contributed by atoms with E-state index in [0.29, 0.717) is 39.6 Å². The van der Waals surface area contributed by atoms with Crippen molar-refractivity contribution in [2.24, 2.45) is 0 Å². The molecule has 6 nitrogen and oxygen atoms in total. The second-order valence-corrected chi connectivity index (χ2v) is 10.4.